The lowest BCUT2D eigenvalue weighted by Crippen LogP contribution is -2.29. The van der Waals surface area contributed by atoms with E-state index in [2.05, 4.69) is 32.7 Å². The molecule has 1 amide bonds. The molecule has 0 aliphatic rings. The number of carbonyl (C=O) groups is 2. The van der Waals surface area contributed by atoms with Crippen molar-refractivity contribution in [2.24, 2.45) is 5.41 Å². The molecule has 0 rings (SSSR count). The Balaban J connectivity index is 3.50. The van der Waals surface area contributed by atoms with Gasteiger partial charge in [0.1, 0.15) is 0 Å². The molecule has 0 aromatic heterocycles. The molecule has 5 heteroatoms. The monoisotopic (exact) mass is 425 g/mol. The number of hydrogen-bond acceptors (Lipinski definition) is 4. The number of rotatable bonds is 19. The first kappa shape index (κ1) is 28.5. The zero-order chi connectivity index (χ0) is 22.7. The molecule has 0 aliphatic heterocycles. The Morgan fingerprint density at radius 1 is 0.867 bits per heavy atom. The van der Waals surface area contributed by atoms with Crippen LogP contribution in [0.4, 0.5) is 4.79 Å². The molecule has 0 bridgehead atoms. The van der Waals surface area contributed by atoms with Crippen molar-refractivity contribution in [2.45, 2.75) is 118 Å². The lowest BCUT2D eigenvalue weighted by molar-refractivity contribution is -0.151. The molecule has 0 saturated carbocycles. The number of hydrogen-bond donors (Lipinski definition) is 1. The number of carbonyl (C=O) groups excluding carboxylic acids is 2. The number of allylic oxidation sites excluding steroid dienone is 1. The fraction of sp³-hybridized carbons (Fsp3) is 0.840. The highest BCUT2D eigenvalue weighted by atomic mass is 16.7. The Labute approximate surface area is 185 Å². The van der Waals surface area contributed by atoms with Crippen molar-refractivity contribution < 1.29 is 19.1 Å². The van der Waals surface area contributed by atoms with Crippen molar-refractivity contribution in [3.8, 4) is 0 Å². The quantitative estimate of drug-likeness (QED) is 0.102. The third kappa shape index (κ3) is 19.8. The average molecular weight is 426 g/mol. The number of amides is 1. The largest absolute Gasteiger partial charge is 0.428 e. The van der Waals surface area contributed by atoms with Gasteiger partial charge in [-0.25, -0.2) is 4.79 Å². The van der Waals surface area contributed by atoms with Crippen molar-refractivity contribution in [3.05, 3.63) is 12.2 Å². The van der Waals surface area contributed by atoms with Gasteiger partial charge >= 0.3 is 12.1 Å². The summed E-state index contributed by atoms with van der Waals surface area (Å²) < 4.78 is 9.88. The summed E-state index contributed by atoms with van der Waals surface area (Å²) in [5, 5.41) is 2.69. The van der Waals surface area contributed by atoms with Gasteiger partial charge in [-0.15, -0.1) is 6.58 Å². The number of alkyl carbamates (subject to hydrolysis) is 1. The minimum atomic E-state index is -0.552. The Hall–Kier alpha value is -1.52. The van der Waals surface area contributed by atoms with Crippen LogP contribution < -0.4 is 5.32 Å². The van der Waals surface area contributed by atoms with Crippen molar-refractivity contribution in [1.82, 2.24) is 5.32 Å². The molecule has 0 unspecified atom stereocenters. The van der Waals surface area contributed by atoms with Crippen LogP contribution in [0, 0.1) is 5.41 Å². The van der Waals surface area contributed by atoms with Gasteiger partial charge in [-0.1, -0.05) is 90.6 Å². The zero-order valence-corrected chi connectivity index (χ0v) is 20.2. The van der Waals surface area contributed by atoms with Crippen molar-refractivity contribution in [2.75, 3.05) is 13.3 Å². The molecular weight excluding hydrogens is 378 g/mol. The van der Waals surface area contributed by atoms with Crippen LogP contribution in [0.2, 0.25) is 0 Å². The molecule has 30 heavy (non-hydrogen) atoms. The van der Waals surface area contributed by atoms with Crippen LogP contribution in [0.25, 0.3) is 0 Å². The summed E-state index contributed by atoms with van der Waals surface area (Å²) in [4.78, 5) is 23.3. The van der Waals surface area contributed by atoms with E-state index in [1.165, 1.54) is 57.8 Å². The van der Waals surface area contributed by atoms with Crippen LogP contribution in [-0.2, 0) is 14.3 Å². The van der Waals surface area contributed by atoms with Crippen molar-refractivity contribution in [1.29, 1.82) is 0 Å². The van der Waals surface area contributed by atoms with E-state index in [0.717, 1.165) is 31.3 Å². The normalized spacial score (nSPS) is 11.2. The van der Waals surface area contributed by atoms with E-state index in [0.29, 0.717) is 13.0 Å². The minimum Gasteiger partial charge on any atom is -0.428 e. The van der Waals surface area contributed by atoms with Crippen LogP contribution in [-0.4, -0.2) is 25.4 Å². The molecule has 176 valence electrons. The fourth-order valence-corrected chi connectivity index (χ4v) is 3.61. The maximum atomic E-state index is 11.7. The van der Waals surface area contributed by atoms with E-state index in [1.54, 1.807) is 0 Å². The van der Waals surface area contributed by atoms with E-state index < -0.39 is 6.09 Å². The molecule has 1 N–H and O–H groups in total. The van der Waals surface area contributed by atoms with E-state index in [1.807, 2.05) is 6.92 Å². The van der Waals surface area contributed by atoms with Crippen LogP contribution in [0.3, 0.4) is 0 Å². The first-order valence-corrected chi connectivity index (χ1v) is 12.0. The second-order valence-electron chi connectivity index (χ2n) is 9.33. The molecule has 0 aliphatic carbocycles. The summed E-state index contributed by atoms with van der Waals surface area (Å²) >= 11 is 0. The summed E-state index contributed by atoms with van der Waals surface area (Å²) in [6.07, 6.45) is 15.3. The zero-order valence-electron chi connectivity index (χ0n) is 20.2. The number of ether oxygens (including phenoxy) is 2. The number of unbranched alkanes of at least 4 members (excludes halogenated alkanes) is 10. The van der Waals surface area contributed by atoms with Gasteiger partial charge < -0.3 is 14.8 Å². The van der Waals surface area contributed by atoms with Crippen LogP contribution in [0.1, 0.15) is 118 Å². The van der Waals surface area contributed by atoms with Crippen LogP contribution in [0.5, 0.6) is 0 Å². The minimum absolute atomic E-state index is 0.0835. The van der Waals surface area contributed by atoms with E-state index in [9.17, 15) is 9.59 Å². The second kappa shape index (κ2) is 18.3. The lowest BCUT2D eigenvalue weighted by Gasteiger charge is -2.24. The fourth-order valence-electron chi connectivity index (χ4n) is 3.61. The third-order valence-corrected chi connectivity index (χ3v) is 5.25. The first-order valence-electron chi connectivity index (χ1n) is 12.0. The topological polar surface area (TPSA) is 64.6 Å². The molecule has 0 heterocycles. The maximum Gasteiger partial charge on any atom is 0.410 e. The van der Waals surface area contributed by atoms with Gasteiger partial charge in [0.15, 0.2) is 0 Å². The maximum absolute atomic E-state index is 11.7. The van der Waals surface area contributed by atoms with Gasteiger partial charge in [-0.05, 0) is 31.6 Å². The molecule has 5 nitrogen and oxygen atoms in total. The molecule has 0 spiro atoms. The second-order valence-corrected chi connectivity index (χ2v) is 9.33. The number of esters is 1. The van der Waals surface area contributed by atoms with Gasteiger partial charge in [-0.2, -0.15) is 0 Å². The average Bonchev–Trinajstić information content (AvgIpc) is 2.65. The Kier molecular flexibility index (Phi) is 17.3. The van der Waals surface area contributed by atoms with Crippen LogP contribution >= 0.6 is 0 Å². The van der Waals surface area contributed by atoms with Crippen LogP contribution in [0.15, 0.2) is 12.2 Å². The summed E-state index contributed by atoms with van der Waals surface area (Å²) in [6.45, 7) is 12.7. The number of nitrogens with one attached hydrogen (secondary N) is 1. The Morgan fingerprint density at radius 2 is 1.40 bits per heavy atom. The van der Waals surface area contributed by atoms with Gasteiger partial charge in [0, 0.05) is 13.0 Å². The predicted molar refractivity (Wildman–Crippen MR) is 124 cm³/mol. The van der Waals surface area contributed by atoms with Gasteiger partial charge in [-0.3, -0.25) is 4.79 Å². The van der Waals surface area contributed by atoms with Gasteiger partial charge in [0.2, 0.25) is 6.79 Å². The highest BCUT2D eigenvalue weighted by Crippen LogP contribution is 2.27. The van der Waals surface area contributed by atoms with Crippen molar-refractivity contribution >= 4 is 12.1 Å². The highest BCUT2D eigenvalue weighted by molar-refractivity contribution is 5.70. The first-order chi connectivity index (χ1) is 14.3. The molecular formula is C25H47NO4. The smallest absolute Gasteiger partial charge is 0.410 e. The molecule has 0 atom stereocenters. The van der Waals surface area contributed by atoms with E-state index >= 15 is 0 Å². The Bertz CT molecular complexity index is 474. The third-order valence-electron chi connectivity index (χ3n) is 5.25. The highest BCUT2D eigenvalue weighted by Gasteiger charge is 2.18. The van der Waals surface area contributed by atoms with Gasteiger partial charge in [0.25, 0.3) is 0 Å². The van der Waals surface area contributed by atoms with Gasteiger partial charge in [0.05, 0.1) is 0 Å². The molecule has 0 aromatic rings. The molecule has 0 radical (unpaired) electrons. The van der Waals surface area contributed by atoms with E-state index in [4.69, 9.17) is 9.47 Å². The van der Waals surface area contributed by atoms with Crippen molar-refractivity contribution in [3.63, 3.8) is 0 Å². The summed E-state index contributed by atoms with van der Waals surface area (Å²) in [7, 11) is 0. The van der Waals surface area contributed by atoms with E-state index in [-0.39, 0.29) is 18.2 Å². The predicted octanol–water partition coefficient (Wildman–Crippen LogP) is 7.30. The summed E-state index contributed by atoms with van der Waals surface area (Å²) in [5.74, 6) is -0.304. The Morgan fingerprint density at radius 3 is 1.93 bits per heavy atom. The lowest BCUT2D eigenvalue weighted by atomic mass is 9.83. The SMILES string of the molecule is C=C(C)CC(C)(C)CCNC(=O)OCOC(=O)CCCCCCCCCCCCC. The summed E-state index contributed by atoms with van der Waals surface area (Å²) in [6, 6.07) is 0. The summed E-state index contributed by atoms with van der Waals surface area (Å²) in [5.41, 5.74) is 1.22. The molecule has 0 aromatic carbocycles. The standard InChI is InChI=1S/C25H47NO4/c1-6-7-8-9-10-11-12-13-14-15-16-17-23(27)29-21-30-24(28)26-19-18-25(4,5)20-22(2)3/h2,6-21H2,1,3-5H3,(H,26,28). The molecule has 0 saturated heterocycles. The molecule has 0 fully saturated rings.